The quantitative estimate of drug-likeness (QED) is 0.663. The van der Waals surface area contributed by atoms with Crippen molar-refractivity contribution in [3.63, 3.8) is 0 Å². The molecule has 2 N–H and O–H groups in total. The lowest BCUT2D eigenvalue weighted by molar-refractivity contribution is 0.0977. The molecule has 0 atom stereocenters. The van der Waals surface area contributed by atoms with Crippen LogP contribution < -0.4 is 20.1 Å². The molecule has 3 rings (SSSR count). The predicted molar refractivity (Wildman–Crippen MR) is 103 cm³/mol. The number of rotatable bonds is 4. The number of thiocarbonyl (C=S) groups is 1. The summed E-state index contributed by atoms with van der Waals surface area (Å²) >= 11 is 6.38. The Kier molecular flexibility index (Phi) is 5.29. The number of amides is 1. The first-order valence-corrected chi connectivity index (χ1v) is 8.63. The van der Waals surface area contributed by atoms with E-state index in [1.807, 2.05) is 0 Å². The summed E-state index contributed by atoms with van der Waals surface area (Å²) in [7, 11) is 3.00. The zero-order valence-electron chi connectivity index (χ0n) is 13.8. The van der Waals surface area contributed by atoms with Crippen LogP contribution in [-0.2, 0) is 0 Å². The standard InChI is InChI=1S/C17H14FN3O3S2/c1-23-12-6-3-9(7-13(12)24-2)15(22)20-16(25)21-17-19-11-5-4-10(18)8-14(11)26-17/h3-8H,1-2H3,(H2,19,20,21,22,25). The summed E-state index contributed by atoms with van der Waals surface area (Å²) in [5, 5.41) is 5.95. The van der Waals surface area contributed by atoms with Crippen LogP contribution in [0.1, 0.15) is 10.4 Å². The number of carbonyl (C=O) groups is 1. The first-order valence-electron chi connectivity index (χ1n) is 7.40. The second kappa shape index (κ2) is 7.63. The molecule has 0 saturated carbocycles. The first-order chi connectivity index (χ1) is 12.5. The highest BCUT2D eigenvalue weighted by Crippen LogP contribution is 2.28. The van der Waals surface area contributed by atoms with Gasteiger partial charge in [0.25, 0.3) is 5.91 Å². The number of nitrogens with one attached hydrogen (secondary N) is 2. The Hall–Kier alpha value is -2.78. The van der Waals surface area contributed by atoms with Crippen LogP contribution in [0.3, 0.4) is 0 Å². The number of thiazole rings is 1. The number of anilines is 1. The van der Waals surface area contributed by atoms with E-state index in [0.717, 1.165) is 0 Å². The number of aromatic nitrogens is 1. The van der Waals surface area contributed by atoms with Gasteiger partial charge in [-0.15, -0.1) is 0 Å². The molecule has 0 aliphatic rings. The van der Waals surface area contributed by atoms with Gasteiger partial charge in [0.05, 0.1) is 24.4 Å². The summed E-state index contributed by atoms with van der Waals surface area (Å²) < 4.78 is 24.2. The van der Waals surface area contributed by atoms with Crippen LogP contribution in [0.2, 0.25) is 0 Å². The van der Waals surface area contributed by atoms with E-state index in [-0.39, 0.29) is 10.9 Å². The van der Waals surface area contributed by atoms with E-state index in [0.29, 0.717) is 32.4 Å². The van der Waals surface area contributed by atoms with Gasteiger partial charge >= 0.3 is 0 Å². The van der Waals surface area contributed by atoms with Crippen molar-refractivity contribution in [3.8, 4) is 11.5 Å². The van der Waals surface area contributed by atoms with Crippen molar-refractivity contribution >= 4 is 49.9 Å². The highest BCUT2D eigenvalue weighted by Gasteiger charge is 2.13. The maximum Gasteiger partial charge on any atom is 0.257 e. The number of carbonyl (C=O) groups excluding carboxylic acids is 1. The Labute approximate surface area is 158 Å². The number of hydrogen-bond donors (Lipinski definition) is 2. The van der Waals surface area contributed by atoms with Gasteiger partial charge < -0.3 is 14.8 Å². The van der Waals surface area contributed by atoms with Gasteiger partial charge in [-0.3, -0.25) is 10.1 Å². The number of hydrogen-bond acceptors (Lipinski definition) is 6. The van der Waals surface area contributed by atoms with E-state index in [1.165, 1.54) is 37.7 Å². The molecule has 1 amide bonds. The summed E-state index contributed by atoms with van der Waals surface area (Å²) in [6, 6.07) is 9.09. The van der Waals surface area contributed by atoms with Crippen molar-refractivity contribution in [2.45, 2.75) is 0 Å². The predicted octanol–water partition coefficient (Wildman–Crippen LogP) is 3.58. The van der Waals surface area contributed by atoms with Gasteiger partial charge in [-0.25, -0.2) is 9.37 Å². The molecule has 2 aromatic carbocycles. The Morgan fingerprint density at radius 3 is 2.65 bits per heavy atom. The number of ether oxygens (including phenoxy) is 2. The number of halogens is 1. The molecule has 0 saturated heterocycles. The van der Waals surface area contributed by atoms with Gasteiger partial charge in [0, 0.05) is 5.56 Å². The minimum absolute atomic E-state index is 0.0873. The maximum absolute atomic E-state index is 13.2. The van der Waals surface area contributed by atoms with Crippen molar-refractivity contribution in [2.75, 3.05) is 19.5 Å². The fraction of sp³-hybridized carbons (Fsp3) is 0.118. The zero-order chi connectivity index (χ0) is 18.7. The third-order valence-electron chi connectivity index (χ3n) is 3.44. The normalized spacial score (nSPS) is 10.4. The van der Waals surface area contributed by atoms with Crippen LogP contribution in [-0.4, -0.2) is 30.2 Å². The summed E-state index contributed by atoms with van der Waals surface area (Å²) in [6.07, 6.45) is 0. The Bertz CT molecular complexity index is 991. The van der Waals surface area contributed by atoms with E-state index in [2.05, 4.69) is 15.6 Å². The van der Waals surface area contributed by atoms with Crippen molar-refractivity contribution in [3.05, 3.63) is 47.8 Å². The van der Waals surface area contributed by atoms with E-state index in [9.17, 15) is 9.18 Å². The lowest BCUT2D eigenvalue weighted by Gasteiger charge is -2.10. The first kappa shape index (κ1) is 18.0. The molecule has 0 aliphatic heterocycles. The highest BCUT2D eigenvalue weighted by molar-refractivity contribution is 7.80. The minimum Gasteiger partial charge on any atom is -0.493 e. The van der Waals surface area contributed by atoms with E-state index >= 15 is 0 Å². The topological polar surface area (TPSA) is 72.5 Å². The van der Waals surface area contributed by atoms with E-state index < -0.39 is 5.91 Å². The molecule has 9 heteroatoms. The molecule has 26 heavy (non-hydrogen) atoms. The fourth-order valence-corrected chi connectivity index (χ4v) is 3.38. The second-order valence-electron chi connectivity index (χ2n) is 5.11. The maximum atomic E-state index is 13.2. The molecule has 0 radical (unpaired) electrons. The molecule has 3 aromatic rings. The number of benzene rings is 2. The lowest BCUT2D eigenvalue weighted by atomic mass is 10.2. The Balaban J connectivity index is 1.69. The average Bonchev–Trinajstić information content (AvgIpc) is 3.01. The monoisotopic (exact) mass is 391 g/mol. The van der Waals surface area contributed by atoms with Gasteiger partial charge in [-0.2, -0.15) is 0 Å². The number of methoxy groups -OCH3 is 2. The summed E-state index contributed by atoms with van der Waals surface area (Å²) in [6.45, 7) is 0. The SMILES string of the molecule is COc1ccc(C(=O)NC(=S)Nc2nc3ccc(F)cc3s2)cc1OC. The molecule has 0 spiro atoms. The van der Waals surface area contributed by atoms with Crippen LogP contribution in [0.5, 0.6) is 11.5 Å². The number of fused-ring (bicyclic) bond motifs is 1. The summed E-state index contributed by atoms with van der Waals surface area (Å²) in [5.41, 5.74) is 1.01. The van der Waals surface area contributed by atoms with Gasteiger partial charge in [0.15, 0.2) is 21.7 Å². The lowest BCUT2D eigenvalue weighted by Crippen LogP contribution is -2.34. The summed E-state index contributed by atoms with van der Waals surface area (Å²) in [5.74, 6) is 0.214. The molecular weight excluding hydrogens is 377 g/mol. The third kappa shape index (κ3) is 3.89. The van der Waals surface area contributed by atoms with Crippen LogP contribution in [0, 0.1) is 5.82 Å². The van der Waals surface area contributed by atoms with E-state index in [4.69, 9.17) is 21.7 Å². The van der Waals surface area contributed by atoms with Crippen molar-refractivity contribution < 1.29 is 18.7 Å². The average molecular weight is 391 g/mol. The third-order valence-corrected chi connectivity index (χ3v) is 4.58. The van der Waals surface area contributed by atoms with Gasteiger partial charge in [0.1, 0.15) is 5.82 Å². The highest BCUT2D eigenvalue weighted by atomic mass is 32.1. The fourth-order valence-electron chi connectivity index (χ4n) is 2.23. The molecule has 0 aliphatic carbocycles. The van der Waals surface area contributed by atoms with Crippen LogP contribution in [0.15, 0.2) is 36.4 Å². The number of nitrogens with zero attached hydrogens (tertiary/aromatic N) is 1. The minimum atomic E-state index is -0.407. The molecular formula is C17H14FN3O3S2. The molecule has 6 nitrogen and oxygen atoms in total. The molecule has 0 unspecified atom stereocenters. The molecule has 0 bridgehead atoms. The summed E-state index contributed by atoms with van der Waals surface area (Å²) in [4.78, 5) is 16.6. The second-order valence-corrected chi connectivity index (χ2v) is 6.55. The van der Waals surface area contributed by atoms with Gasteiger partial charge in [0.2, 0.25) is 0 Å². The van der Waals surface area contributed by atoms with Crippen LogP contribution >= 0.6 is 23.6 Å². The van der Waals surface area contributed by atoms with E-state index in [1.54, 1.807) is 24.3 Å². The molecule has 1 aromatic heterocycles. The molecule has 134 valence electrons. The van der Waals surface area contributed by atoms with Gasteiger partial charge in [-0.1, -0.05) is 11.3 Å². The van der Waals surface area contributed by atoms with Crippen molar-refractivity contribution in [1.29, 1.82) is 0 Å². The van der Waals surface area contributed by atoms with Gasteiger partial charge in [-0.05, 0) is 48.6 Å². The zero-order valence-corrected chi connectivity index (χ0v) is 15.5. The van der Waals surface area contributed by atoms with Crippen LogP contribution in [0.4, 0.5) is 9.52 Å². The van der Waals surface area contributed by atoms with Crippen molar-refractivity contribution in [2.24, 2.45) is 0 Å². The molecule has 0 fully saturated rings. The molecule has 1 heterocycles. The Morgan fingerprint density at radius 2 is 1.92 bits per heavy atom. The largest absolute Gasteiger partial charge is 0.493 e. The smallest absolute Gasteiger partial charge is 0.257 e. The van der Waals surface area contributed by atoms with Crippen molar-refractivity contribution in [1.82, 2.24) is 10.3 Å². The Morgan fingerprint density at radius 1 is 1.15 bits per heavy atom. The van der Waals surface area contributed by atoms with Crippen LogP contribution in [0.25, 0.3) is 10.2 Å².